The minimum atomic E-state index is -0.659. The summed E-state index contributed by atoms with van der Waals surface area (Å²) in [5, 5.41) is 9.99. The van der Waals surface area contributed by atoms with Crippen LogP contribution in [0.3, 0.4) is 0 Å². The molecule has 10 heteroatoms. The van der Waals surface area contributed by atoms with Crippen LogP contribution in [0.4, 0.5) is 11.8 Å². The highest BCUT2D eigenvalue weighted by Gasteiger charge is 2.34. The number of benzene rings is 2. The fraction of sp³-hybridized carbons (Fsp3) is 0.500. The SMILES string of the molecule is CC1(COCCN2CCN(c3nc(N)nc4c3CCc3cc(OCc5ccc(Cl)cc5)ccc3-4)CC2)CCC(C(=O)O)CC1. The predicted octanol–water partition coefficient (Wildman–Crippen LogP) is 5.48. The Bertz CT molecular complexity index is 1470. The maximum absolute atomic E-state index is 11.3. The van der Waals surface area contributed by atoms with Gasteiger partial charge < -0.3 is 25.2 Å². The average molecular weight is 620 g/mol. The summed E-state index contributed by atoms with van der Waals surface area (Å²) in [6, 6.07) is 13.9. The van der Waals surface area contributed by atoms with E-state index in [1.807, 2.05) is 30.3 Å². The number of ether oxygens (including phenoxy) is 2. The summed E-state index contributed by atoms with van der Waals surface area (Å²) >= 11 is 6.00. The Morgan fingerprint density at radius 3 is 2.55 bits per heavy atom. The summed E-state index contributed by atoms with van der Waals surface area (Å²) in [5.41, 5.74) is 11.8. The average Bonchev–Trinajstić information content (AvgIpc) is 3.03. The first-order chi connectivity index (χ1) is 21.3. The van der Waals surface area contributed by atoms with E-state index in [2.05, 4.69) is 28.9 Å². The molecule has 1 aromatic heterocycles. The van der Waals surface area contributed by atoms with Crippen LogP contribution in [-0.2, 0) is 29.0 Å². The number of nitrogen functional groups attached to an aromatic ring is 1. The maximum Gasteiger partial charge on any atom is 0.306 e. The molecule has 6 rings (SSSR count). The fourth-order valence-corrected chi connectivity index (χ4v) is 6.84. The molecule has 44 heavy (non-hydrogen) atoms. The number of nitrogens with zero attached hydrogens (tertiary/aromatic N) is 4. The van der Waals surface area contributed by atoms with E-state index in [9.17, 15) is 9.90 Å². The molecule has 0 atom stereocenters. The van der Waals surface area contributed by atoms with Crippen molar-refractivity contribution in [3.63, 3.8) is 0 Å². The third kappa shape index (κ3) is 7.11. The van der Waals surface area contributed by atoms with Gasteiger partial charge in [-0.1, -0.05) is 30.7 Å². The summed E-state index contributed by atoms with van der Waals surface area (Å²) in [6.07, 6.45) is 5.09. The zero-order valence-corrected chi connectivity index (χ0v) is 26.2. The lowest BCUT2D eigenvalue weighted by atomic mass is 9.72. The Hall–Kier alpha value is -3.40. The summed E-state index contributed by atoms with van der Waals surface area (Å²) < 4.78 is 12.2. The molecule has 2 fully saturated rings. The molecule has 2 aromatic carbocycles. The first-order valence-corrected chi connectivity index (χ1v) is 16.1. The van der Waals surface area contributed by atoms with Crippen molar-refractivity contribution < 1.29 is 19.4 Å². The van der Waals surface area contributed by atoms with Crippen molar-refractivity contribution in [3.05, 3.63) is 64.2 Å². The van der Waals surface area contributed by atoms with E-state index < -0.39 is 5.97 Å². The van der Waals surface area contributed by atoms with Gasteiger partial charge in [-0.3, -0.25) is 9.69 Å². The lowest BCUT2D eigenvalue weighted by molar-refractivity contribution is -0.144. The van der Waals surface area contributed by atoms with E-state index in [1.54, 1.807) is 0 Å². The van der Waals surface area contributed by atoms with Gasteiger partial charge in [-0.15, -0.1) is 0 Å². The van der Waals surface area contributed by atoms with E-state index in [0.717, 1.165) is 99.6 Å². The van der Waals surface area contributed by atoms with Crippen LogP contribution >= 0.6 is 11.6 Å². The number of halogens is 1. The van der Waals surface area contributed by atoms with Crippen LogP contribution in [-0.4, -0.2) is 71.9 Å². The number of nitrogens with two attached hydrogens (primary N) is 1. The van der Waals surface area contributed by atoms with Crippen LogP contribution in [0, 0.1) is 11.3 Å². The minimum Gasteiger partial charge on any atom is -0.489 e. The molecule has 0 spiro atoms. The maximum atomic E-state index is 11.3. The highest BCUT2D eigenvalue weighted by atomic mass is 35.5. The fourth-order valence-electron chi connectivity index (χ4n) is 6.71. The van der Waals surface area contributed by atoms with Crippen molar-refractivity contribution in [1.82, 2.24) is 14.9 Å². The first kappa shape index (κ1) is 30.6. The molecule has 0 bridgehead atoms. The second-order valence-corrected chi connectivity index (χ2v) is 13.2. The second kappa shape index (κ2) is 13.3. The number of aryl methyl sites for hydroxylation is 1. The predicted molar refractivity (Wildman–Crippen MR) is 172 cm³/mol. The van der Waals surface area contributed by atoms with E-state index in [1.165, 1.54) is 11.1 Å². The molecule has 234 valence electrons. The minimum absolute atomic E-state index is 0.0846. The lowest BCUT2D eigenvalue weighted by Crippen LogP contribution is -2.48. The van der Waals surface area contributed by atoms with E-state index in [0.29, 0.717) is 30.8 Å². The molecule has 3 aliphatic rings. The molecule has 1 saturated carbocycles. The standard InChI is InChI=1S/C34H42ClN5O4/c1-34(12-10-24(11-13-34)32(41)42)22-43-19-18-39-14-16-40(17-15-39)31-29-8-4-25-20-27(44-21-23-2-5-26(35)6-3-23)7-9-28(25)30(29)37-33(36)38-31/h2-3,5-7,9,20,24H,4,8,10-19,21-22H2,1H3,(H,41,42)(H2,36,37,38). The molecule has 2 aliphatic carbocycles. The van der Waals surface area contributed by atoms with Gasteiger partial charge in [0.25, 0.3) is 0 Å². The molecule has 2 heterocycles. The van der Waals surface area contributed by atoms with Gasteiger partial charge in [0.15, 0.2) is 0 Å². The number of aliphatic carboxylic acids is 1. The van der Waals surface area contributed by atoms with Gasteiger partial charge in [-0.25, -0.2) is 4.98 Å². The topological polar surface area (TPSA) is 114 Å². The number of carboxylic acids is 1. The number of hydrogen-bond acceptors (Lipinski definition) is 8. The number of rotatable bonds is 10. The molecule has 9 nitrogen and oxygen atoms in total. The number of anilines is 2. The van der Waals surface area contributed by atoms with Crippen molar-refractivity contribution in [2.24, 2.45) is 11.3 Å². The highest BCUT2D eigenvalue weighted by molar-refractivity contribution is 6.30. The molecule has 1 aliphatic heterocycles. The van der Waals surface area contributed by atoms with Crippen LogP contribution in [0.5, 0.6) is 5.75 Å². The third-order valence-corrected chi connectivity index (χ3v) is 9.77. The Balaban J connectivity index is 1.02. The molecule has 3 N–H and O–H groups in total. The van der Waals surface area contributed by atoms with Crippen LogP contribution in [0.2, 0.25) is 5.02 Å². The van der Waals surface area contributed by atoms with Gasteiger partial charge in [-0.2, -0.15) is 4.98 Å². The Morgan fingerprint density at radius 2 is 1.82 bits per heavy atom. The zero-order chi connectivity index (χ0) is 30.7. The molecule has 0 amide bonds. The van der Waals surface area contributed by atoms with E-state index in [4.69, 9.17) is 36.8 Å². The van der Waals surface area contributed by atoms with Gasteiger partial charge in [-0.05, 0) is 85.4 Å². The van der Waals surface area contributed by atoms with Crippen LogP contribution in [0.1, 0.15) is 49.3 Å². The van der Waals surface area contributed by atoms with Crippen LogP contribution in [0.25, 0.3) is 11.3 Å². The lowest BCUT2D eigenvalue weighted by Gasteiger charge is -2.38. The number of hydrogen-bond donors (Lipinski definition) is 2. The zero-order valence-electron chi connectivity index (χ0n) is 25.4. The summed E-state index contributed by atoms with van der Waals surface area (Å²) in [5.74, 6) is 1.25. The van der Waals surface area contributed by atoms with E-state index >= 15 is 0 Å². The normalized spacial score (nSPS) is 21.9. The highest BCUT2D eigenvalue weighted by Crippen LogP contribution is 2.40. The Morgan fingerprint density at radius 1 is 1.07 bits per heavy atom. The van der Waals surface area contributed by atoms with Crippen molar-refractivity contribution in [1.29, 1.82) is 0 Å². The van der Waals surface area contributed by atoms with Gasteiger partial charge in [0.05, 0.1) is 24.8 Å². The smallest absolute Gasteiger partial charge is 0.306 e. The summed E-state index contributed by atoms with van der Waals surface area (Å²) in [6.45, 7) is 8.61. The van der Waals surface area contributed by atoms with Crippen LogP contribution in [0.15, 0.2) is 42.5 Å². The molecule has 0 unspecified atom stereocenters. The summed E-state index contributed by atoms with van der Waals surface area (Å²) in [7, 11) is 0. The largest absolute Gasteiger partial charge is 0.489 e. The Labute approximate surface area is 264 Å². The van der Waals surface area contributed by atoms with Gasteiger partial charge in [0, 0.05) is 48.9 Å². The molecular weight excluding hydrogens is 578 g/mol. The Kier molecular flexibility index (Phi) is 9.26. The van der Waals surface area contributed by atoms with Crippen molar-refractivity contribution in [2.75, 3.05) is 56.6 Å². The first-order valence-electron chi connectivity index (χ1n) is 15.7. The van der Waals surface area contributed by atoms with E-state index in [-0.39, 0.29) is 11.3 Å². The molecule has 3 aromatic rings. The van der Waals surface area contributed by atoms with Crippen molar-refractivity contribution in [3.8, 4) is 17.0 Å². The second-order valence-electron chi connectivity index (χ2n) is 12.8. The molecular formula is C34H42ClN5O4. The quantitative estimate of drug-likeness (QED) is 0.285. The van der Waals surface area contributed by atoms with Gasteiger partial charge in [0.2, 0.25) is 5.95 Å². The van der Waals surface area contributed by atoms with Crippen LogP contribution < -0.4 is 15.4 Å². The number of carboxylic acid groups (broad SMARTS) is 1. The number of piperazine rings is 1. The molecule has 0 radical (unpaired) electrons. The van der Waals surface area contributed by atoms with Gasteiger partial charge in [0.1, 0.15) is 18.2 Å². The van der Waals surface area contributed by atoms with Crippen molar-refractivity contribution >= 4 is 29.3 Å². The molecule has 1 saturated heterocycles. The number of aromatic nitrogens is 2. The van der Waals surface area contributed by atoms with Crippen molar-refractivity contribution in [2.45, 2.75) is 52.1 Å². The summed E-state index contributed by atoms with van der Waals surface area (Å²) in [4.78, 5) is 25.5. The monoisotopic (exact) mass is 619 g/mol. The van der Waals surface area contributed by atoms with Gasteiger partial charge >= 0.3 is 5.97 Å². The number of fused-ring (bicyclic) bond motifs is 3. The third-order valence-electron chi connectivity index (χ3n) is 9.51. The number of carbonyl (C=O) groups is 1.